The number of oxazole rings is 1. The monoisotopic (exact) mass is 344 g/mol. The van der Waals surface area contributed by atoms with Crippen molar-refractivity contribution in [2.24, 2.45) is 0 Å². The lowest BCUT2D eigenvalue weighted by Gasteiger charge is -2.01. The SMILES string of the molecule is Cc1nn(-c2ccc(Cl)cc2)cc1C(=O)NCc1nc(C)c(C)o1. The van der Waals surface area contributed by atoms with Crippen LogP contribution in [0.1, 0.15) is 33.4 Å². The summed E-state index contributed by atoms with van der Waals surface area (Å²) in [4.78, 5) is 16.6. The maximum atomic E-state index is 12.4. The first-order valence-electron chi connectivity index (χ1n) is 7.47. The van der Waals surface area contributed by atoms with Gasteiger partial charge in [-0.1, -0.05) is 11.6 Å². The number of hydrogen-bond donors (Lipinski definition) is 1. The summed E-state index contributed by atoms with van der Waals surface area (Å²) in [7, 11) is 0. The smallest absolute Gasteiger partial charge is 0.255 e. The average molecular weight is 345 g/mol. The van der Waals surface area contributed by atoms with Crippen molar-refractivity contribution in [3.63, 3.8) is 0 Å². The van der Waals surface area contributed by atoms with Crippen molar-refractivity contribution in [3.05, 3.63) is 64.1 Å². The van der Waals surface area contributed by atoms with Gasteiger partial charge < -0.3 is 9.73 Å². The molecule has 0 aliphatic rings. The molecule has 1 amide bonds. The van der Waals surface area contributed by atoms with Gasteiger partial charge in [0, 0.05) is 11.2 Å². The van der Waals surface area contributed by atoms with Crippen LogP contribution in [0.25, 0.3) is 5.69 Å². The van der Waals surface area contributed by atoms with Crippen LogP contribution in [0.3, 0.4) is 0 Å². The number of nitrogens with zero attached hydrogens (tertiary/aromatic N) is 3. The zero-order valence-corrected chi connectivity index (χ0v) is 14.4. The minimum absolute atomic E-state index is 0.221. The molecule has 1 N–H and O–H groups in total. The topological polar surface area (TPSA) is 73.0 Å². The second kappa shape index (κ2) is 6.49. The zero-order chi connectivity index (χ0) is 17.3. The van der Waals surface area contributed by atoms with E-state index in [0.29, 0.717) is 22.2 Å². The van der Waals surface area contributed by atoms with Crippen molar-refractivity contribution in [2.45, 2.75) is 27.3 Å². The Hall–Kier alpha value is -2.60. The fraction of sp³-hybridized carbons (Fsp3) is 0.235. The van der Waals surface area contributed by atoms with Gasteiger partial charge in [-0.3, -0.25) is 4.79 Å². The number of hydrogen-bond acceptors (Lipinski definition) is 4. The van der Waals surface area contributed by atoms with Crippen LogP contribution >= 0.6 is 11.6 Å². The molecule has 6 nitrogen and oxygen atoms in total. The van der Waals surface area contributed by atoms with Crippen LogP contribution in [-0.2, 0) is 6.54 Å². The Morgan fingerprint density at radius 3 is 2.54 bits per heavy atom. The van der Waals surface area contributed by atoms with Crippen LogP contribution in [0.15, 0.2) is 34.9 Å². The quantitative estimate of drug-likeness (QED) is 0.787. The van der Waals surface area contributed by atoms with Gasteiger partial charge in [-0.2, -0.15) is 5.10 Å². The molecule has 1 aromatic carbocycles. The molecule has 3 aromatic rings. The van der Waals surface area contributed by atoms with Gasteiger partial charge in [-0.05, 0) is 45.0 Å². The molecule has 0 saturated carbocycles. The maximum Gasteiger partial charge on any atom is 0.255 e. The molecular formula is C17H17ClN4O2. The van der Waals surface area contributed by atoms with Crippen molar-refractivity contribution in [1.82, 2.24) is 20.1 Å². The van der Waals surface area contributed by atoms with E-state index in [4.69, 9.17) is 16.0 Å². The van der Waals surface area contributed by atoms with E-state index in [1.165, 1.54) is 0 Å². The van der Waals surface area contributed by atoms with Crippen LogP contribution < -0.4 is 5.32 Å². The number of rotatable bonds is 4. The standard InChI is InChI=1S/C17H17ClN4O2/c1-10-12(3)24-16(20-10)8-19-17(23)15-9-22(21-11(15)2)14-6-4-13(18)5-7-14/h4-7,9H,8H2,1-3H3,(H,19,23). The van der Waals surface area contributed by atoms with Gasteiger partial charge >= 0.3 is 0 Å². The second-order valence-corrected chi connectivity index (χ2v) is 5.92. The summed E-state index contributed by atoms with van der Waals surface area (Å²) < 4.78 is 7.11. The third kappa shape index (κ3) is 3.33. The molecule has 3 rings (SSSR count). The second-order valence-electron chi connectivity index (χ2n) is 5.48. The van der Waals surface area contributed by atoms with E-state index in [9.17, 15) is 4.79 Å². The van der Waals surface area contributed by atoms with E-state index in [0.717, 1.165) is 17.1 Å². The Morgan fingerprint density at radius 2 is 1.92 bits per heavy atom. The molecule has 0 spiro atoms. The molecule has 2 heterocycles. The highest BCUT2D eigenvalue weighted by molar-refractivity contribution is 6.30. The molecule has 0 fully saturated rings. The van der Waals surface area contributed by atoms with Gasteiger partial charge in [-0.15, -0.1) is 0 Å². The van der Waals surface area contributed by atoms with Crippen LogP contribution in [0.4, 0.5) is 0 Å². The number of nitrogens with one attached hydrogen (secondary N) is 1. The molecule has 0 saturated heterocycles. The molecule has 0 unspecified atom stereocenters. The normalized spacial score (nSPS) is 10.8. The molecule has 24 heavy (non-hydrogen) atoms. The minimum atomic E-state index is -0.221. The van der Waals surface area contributed by atoms with Gasteiger partial charge in [0.05, 0.1) is 29.2 Å². The largest absolute Gasteiger partial charge is 0.444 e. The number of carbonyl (C=O) groups excluding carboxylic acids is 1. The molecular weight excluding hydrogens is 328 g/mol. The third-order valence-corrected chi connectivity index (χ3v) is 3.96. The Labute approximate surface area is 144 Å². The molecule has 0 bridgehead atoms. The molecule has 2 aromatic heterocycles. The summed E-state index contributed by atoms with van der Waals surface area (Å²) in [6.07, 6.45) is 1.69. The number of carbonyl (C=O) groups is 1. The summed E-state index contributed by atoms with van der Waals surface area (Å²) in [6, 6.07) is 7.24. The predicted octanol–water partition coefficient (Wildman–Crippen LogP) is 3.37. The molecule has 0 aliphatic heterocycles. The van der Waals surface area contributed by atoms with Crippen molar-refractivity contribution in [2.75, 3.05) is 0 Å². The fourth-order valence-electron chi connectivity index (χ4n) is 2.27. The Kier molecular flexibility index (Phi) is 4.40. The number of aryl methyl sites for hydroxylation is 3. The molecule has 124 valence electrons. The van der Waals surface area contributed by atoms with E-state index >= 15 is 0 Å². The van der Waals surface area contributed by atoms with Gasteiger partial charge in [0.2, 0.25) is 5.89 Å². The Morgan fingerprint density at radius 1 is 1.21 bits per heavy atom. The summed E-state index contributed by atoms with van der Waals surface area (Å²) in [5, 5.41) is 7.83. The summed E-state index contributed by atoms with van der Waals surface area (Å²) >= 11 is 5.89. The van der Waals surface area contributed by atoms with Crippen molar-refractivity contribution in [3.8, 4) is 5.69 Å². The first kappa shape index (κ1) is 16.3. The van der Waals surface area contributed by atoms with Gasteiger partial charge in [-0.25, -0.2) is 9.67 Å². The number of amides is 1. The van der Waals surface area contributed by atoms with E-state index in [-0.39, 0.29) is 12.5 Å². The fourth-order valence-corrected chi connectivity index (χ4v) is 2.40. The predicted molar refractivity (Wildman–Crippen MR) is 90.5 cm³/mol. The molecule has 0 aliphatic carbocycles. The number of aromatic nitrogens is 3. The highest BCUT2D eigenvalue weighted by atomic mass is 35.5. The highest BCUT2D eigenvalue weighted by Crippen LogP contribution is 2.15. The lowest BCUT2D eigenvalue weighted by molar-refractivity contribution is 0.0946. The first-order valence-corrected chi connectivity index (χ1v) is 7.85. The lowest BCUT2D eigenvalue weighted by Crippen LogP contribution is -2.23. The van der Waals surface area contributed by atoms with E-state index in [1.54, 1.807) is 29.9 Å². The van der Waals surface area contributed by atoms with Gasteiger partial charge in [0.25, 0.3) is 5.91 Å². The van der Waals surface area contributed by atoms with Crippen molar-refractivity contribution >= 4 is 17.5 Å². The number of halogens is 1. The van der Waals surface area contributed by atoms with Gasteiger partial charge in [0.15, 0.2) is 0 Å². The highest BCUT2D eigenvalue weighted by Gasteiger charge is 2.15. The maximum absolute atomic E-state index is 12.4. The van der Waals surface area contributed by atoms with Gasteiger partial charge in [0.1, 0.15) is 5.76 Å². The Balaban J connectivity index is 1.74. The third-order valence-electron chi connectivity index (χ3n) is 3.71. The van der Waals surface area contributed by atoms with Crippen molar-refractivity contribution < 1.29 is 9.21 Å². The Bertz CT molecular complexity index is 861. The summed E-state index contributed by atoms with van der Waals surface area (Å²) in [5.74, 6) is 1.02. The van der Waals surface area contributed by atoms with E-state index < -0.39 is 0 Å². The lowest BCUT2D eigenvalue weighted by atomic mass is 10.2. The van der Waals surface area contributed by atoms with Crippen LogP contribution in [0.5, 0.6) is 0 Å². The van der Waals surface area contributed by atoms with Crippen LogP contribution in [-0.4, -0.2) is 20.7 Å². The van der Waals surface area contributed by atoms with Crippen LogP contribution in [0.2, 0.25) is 5.02 Å². The van der Waals surface area contributed by atoms with E-state index in [1.807, 2.05) is 26.0 Å². The average Bonchev–Trinajstić information content (AvgIpc) is 3.09. The molecule has 0 radical (unpaired) electrons. The summed E-state index contributed by atoms with van der Waals surface area (Å²) in [5.41, 5.74) is 2.80. The first-order chi connectivity index (χ1) is 11.4. The zero-order valence-electron chi connectivity index (χ0n) is 13.6. The minimum Gasteiger partial charge on any atom is -0.444 e. The number of benzene rings is 1. The van der Waals surface area contributed by atoms with E-state index in [2.05, 4.69) is 15.4 Å². The van der Waals surface area contributed by atoms with Crippen molar-refractivity contribution in [1.29, 1.82) is 0 Å². The molecule has 7 heteroatoms. The van der Waals surface area contributed by atoms with Crippen LogP contribution in [0, 0.1) is 20.8 Å². The molecule has 0 atom stereocenters. The summed E-state index contributed by atoms with van der Waals surface area (Å²) in [6.45, 7) is 5.73.